The molecule has 0 unspecified atom stereocenters. The number of hydrogen-bond donors (Lipinski definition) is 1. The average molecular weight is 333 g/mol. The van der Waals surface area contributed by atoms with Crippen LogP contribution in [0.15, 0.2) is 48.5 Å². The van der Waals surface area contributed by atoms with Crippen molar-refractivity contribution in [3.63, 3.8) is 0 Å². The zero-order valence-corrected chi connectivity index (χ0v) is 14.3. The van der Waals surface area contributed by atoms with Crippen LogP contribution in [0.3, 0.4) is 0 Å². The summed E-state index contributed by atoms with van der Waals surface area (Å²) >= 11 is 5.91. The summed E-state index contributed by atoms with van der Waals surface area (Å²) in [6, 6.07) is 14.6. The lowest BCUT2D eigenvalue weighted by atomic mass is 10.1. The van der Waals surface area contributed by atoms with Crippen molar-refractivity contribution in [1.29, 1.82) is 0 Å². The first-order chi connectivity index (χ1) is 11.0. The molecular formula is C18H21ClN2O2. The maximum atomic E-state index is 12.5. The van der Waals surface area contributed by atoms with Gasteiger partial charge in [0.1, 0.15) is 5.75 Å². The van der Waals surface area contributed by atoms with Gasteiger partial charge in [-0.1, -0.05) is 35.9 Å². The number of hydrogen-bond acceptors (Lipinski definition) is 2. The highest BCUT2D eigenvalue weighted by Gasteiger charge is 2.18. The van der Waals surface area contributed by atoms with E-state index >= 15 is 0 Å². The number of urea groups is 1. The molecule has 1 atom stereocenters. The van der Waals surface area contributed by atoms with E-state index in [1.165, 1.54) is 0 Å². The molecule has 2 aromatic rings. The standard InChI is InChI=1S/C18H21ClN2O2/c1-4-23-17-8-6-5-7-16(17)20-18(22)21(3)13(2)14-9-11-15(19)12-10-14/h5-13H,4H2,1-3H3,(H,20,22)/t13-/m1/s1. The first-order valence-electron chi connectivity index (χ1n) is 7.54. The van der Waals surface area contributed by atoms with Gasteiger partial charge in [0, 0.05) is 12.1 Å². The van der Waals surface area contributed by atoms with Crippen LogP contribution in [-0.4, -0.2) is 24.6 Å². The van der Waals surface area contributed by atoms with E-state index in [0.29, 0.717) is 23.1 Å². The van der Waals surface area contributed by atoms with Gasteiger partial charge in [-0.15, -0.1) is 0 Å². The number of amides is 2. The Morgan fingerprint density at radius 2 is 1.87 bits per heavy atom. The van der Waals surface area contributed by atoms with E-state index in [1.54, 1.807) is 11.9 Å². The Labute approximate surface area is 142 Å². The van der Waals surface area contributed by atoms with Gasteiger partial charge in [-0.2, -0.15) is 0 Å². The monoisotopic (exact) mass is 332 g/mol. The number of rotatable bonds is 5. The van der Waals surface area contributed by atoms with Crippen molar-refractivity contribution in [3.05, 3.63) is 59.1 Å². The molecule has 0 fully saturated rings. The van der Waals surface area contributed by atoms with Crippen molar-refractivity contribution in [2.75, 3.05) is 19.0 Å². The molecule has 0 heterocycles. The summed E-state index contributed by atoms with van der Waals surface area (Å²) in [4.78, 5) is 14.1. The van der Waals surface area contributed by atoms with Gasteiger partial charge in [-0.25, -0.2) is 4.79 Å². The minimum absolute atomic E-state index is 0.0773. The fourth-order valence-corrected chi connectivity index (χ4v) is 2.32. The Hall–Kier alpha value is -2.20. The summed E-state index contributed by atoms with van der Waals surface area (Å²) in [5.74, 6) is 0.663. The van der Waals surface area contributed by atoms with Crippen LogP contribution in [0.1, 0.15) is 25.5 Å². The van der Waals surface area contributed by atoms with Gasteiger partial charge < -0.3 is 15.0 Å². The number of carbonyl (C=O) groups excluding carboxylic acids is 1. The molecule has 0 spiro atoms. The second-order valence-corrected chi connectivity index (χ2v) is 5.63. The SMILES string of the molecule is CCOc1ccccc1NC(=O)N(C)[C@H](C)c1ccc(Cl)cc1. The summed E-state index contributed by atoms with van der Waals surface area (Å²) in [5, 5.41) is 3.57. The molecule has 0 radical (unpaired) electrons. The Morgan fingerprint density at radius 3 is 2.52 bits per heavy atom. The number of nitrogens with zero attached hydrogens (tertiary/aromatic N) is 1. The third-order valence-electron chi connectivity index (χ3n) is 3.68. The van der Waals surface area contributed by atoms with Crippen LogP contribution in [0.4, 0.5) is 10.5 Å². The summed E-state index contributed by atoms with van der Waals surface area (Å²) in [6.45, 7) is 4.43. The predicted octanol–water partition coefficient (Wildman–Crippen LogP) is 4.96. The third kappa shape index (κ3) is 4.39. The molecule has 1 N–H and O–H groups in total. The molecular weight excluding hydrogens is 312 g/mol. The summed E-state index contributed by atoms with van der Waals surface area (Å²) in [5.41, 5.74) is 1.68. The van der Waals surface area contributed by atoms with Crippen molar-refractivity contribution < 1.29 is 9.53 Å². The predicted molar refractivity (Wildman–Crippen MR) is 94.3 cm³/mol. The first kappa shape index (κ1) is 17.2. The van der Waals surface area contributed by atoms with Crippen molar-refractivity contribution in [1.82, 2.24) is 4.90 Å². The number of halogens is 1. The van der Waals surface area contributed by atoms with E-state index in [0.717, 1.165) is 5.56 Å². The van der Waals surface area contributed by atoms with Crippen LogP contribution >= 0.6 is 11.6 Å². The first-order valence-corrected chi connectivity index (χ1v) is 7.91. The lowest BCUT2D eigenvalue weighted by Crippen LogP contribution is -2.33. The second-order valence-electron chi connectivity index (χ2n) is 5.20. The van der Waals surface area contributed by atoms with Crippen molar-refractivity contribution in [2.24, 2.45) is 0 Å². The highest BCUT2D eigenvalue weighted by atomic mass is 35.5. The third-order valence-corrected chi connectivity index (χ3v) is 3.93. The van der Waals surface area contributed by atoms with E-state index in [1.807, 2.05) is 62.4 Å². The van der Waals surface area contributed by atoms with Crippen molar-refractivity contribution in [3.8, 4) is 5.75 Å². The van der Waals surface area contributed by atoms with E-state index in [9.17, 15) is 4.79 Å². The smallest absolute Gasteiger partial charge is 0.322 e. The zero-order valence-electron chi connectivity index (χ0n) is 13.5. The van der Waals surface area contributed by atoms with Crippen LogP contribution in [-0.2, 0) is 0 Å². The Bertz CT molecular complexity index is 658. The number of carbonyl (C=O) groups is 1. The molecule has 2 rings (SSSR count). The van der Waals surface area contributed by atoms with Gasteiger partial charge in [0.05, 0.1) is 18.3 Å². The van der Waals surface area contributed by atoms with Gasteiger partial charge in [0.2, 0.25) is 0 Å². The van der Waals surface area contributed by atoms with E-state index in [2.05, 4.69) is 5.32 Å². The number of benzene rings is 2. The average Bonchev–Trinajstić information content (AvgIpc) is 2.56. The van der Waals surface area contributed by atoms with Crippen LogP contribution in [0, 0.1) is 0 Å². The van der Waals surface area contributed by atoms with Crippen LogP contribution in [0.25, 0.3) is 0 Å². The number of para-hydroxylation sites is 2. The van der Waals surface area contributed by atoms with Crippen molar-refractivity contribution >= 4 is 23.3 Å². The lowest BCUT2D eigenvalue weighted by molar-refractivity contribution is 0.208. The molecule has 0 bridgehead atoms. The number of ether oxygens (including phenoxy) is 1. The molecule has 2 amide bonds. The molecule has 0 aliphatic heterocycles. The minimum atomic E-state index is -0.195. The molecule has 0 saturated carbocycles. The molecule has 0 aliphatic rings. The number of nitrogens with one attached hydrogen (secondary N) is 1. The topological polar surface area (TPSA) is 41.6 Å². The fourth-order valence-electron chi connectivity index (χ4n) is 2.20. The summed E-state index contributed by atoms with van der Waals surface area (Å²) < 4.78 is 5.53. The Kier molecular flexibility index (Phi) is 5.88. The molecule has 0 aliphatic carbocycles. The van der Waals surface area contributed by atoms with Gasteiger partial charge in [0.15, 0.2) is 0 Å². The van der Waals surface area contributed by atoms with E-state index in [4.69, 9.17) is 16.3 Å². The molecule has 0 aromatic heterocycles. The quantitative estimate of drug-likeness (QED) is 0.840. The largest absolute Gasteiger partial charge is 0.492 e. The molecule has 2 aromatic carbocycles. The normalized spacial score (nSPS) is 11.7. The van der Waals surface area contributed by atoms with Crippen molar-refractivity contribution in [2.45, 2.75) is 19.9 Å². The minimum Gasteiger partial charge on any atom is -0.492 e. The van der Waals surface area contributed by atoms with Gasteiger partial charge in [0.25, 0.3) is 0 Å². The van der Waals surface area contributed by atoms with Gasteiger partial charge in [-0.05, 0) is 43.7 Å². The van der Waals surface area contributed by atoms with E-state index < -0.39 is 0 Å². The van der Waals surface area contributed by atoms with Gasteiger partial charge >= 0.3 is 6.03 Å². The molecule has 5 heteroatoms. The highest BCUT2D eigenvalue weighted by Crippen LogP contribution is 2.26. The second kappa shape index (κ2) is 7.88. The number of anilines is 1. The molecule has 4 nitrogen and oxygen atoms in total. The lowest BCUT2D eigenvalue weighted by Gasteiger charge is -2.26. The van der Waals surface area contributed by atoms with Crippen LogP contribution < -0.4 is 10.1 Å². The molecule has 0 saturated heterocycles. The Morgan fingerprint density at radius 1 is 1.22 bits per heavy atom. The Balaban J connectivity index is 2.09. The summed E-state index contributed by atoms with van der Waals surface area (Å²) in [6.07, 6.45) is 0. The highest BCUT2D eigenvalue weighted by molar-refractivity contribution is 6.30. The molecule has 122 valence electrons. The van der Waals surface area contributed by atoms with E-state index in [-0.39, 0.29) is 12.1 Å². The molecule has 23 heavy (non-hydrogen) atoms. The van der Waals surface area contributed by atoms with Crippen LogP contribution in [0.5, 0.6) is 5.75 Å². The summed E-state index contributed by atoms with van der Waals surface area (Å²) in [7, 11) is 1.76. The van der Waals surface area contributed by atoms with Crippen LogP contribution in [0.2, 0.25) is 5.02 Å². The zero-order chi connectivity index (χ0) is 16.8. The fraction of sp³-hybridized carbons (Fsp3) is 0.278. The van der Waals surface area contributed by atoms with Gasteiger partial charge in [-0.3, -0.25) is 0 Å². The maximum absolute atomic E-state index is 12.5. The maximum Gasteiger partial charge on any atom is 0.322 e.